The van der Waals surface area contributed by atoms with Gasteiger partial charge in [0.05, 0.1) is 0 Å². The lowest BCUT2D eigenvalue weighted by molar-refractivity contribution is 0.586. The molecule has 1 nitrogen and oxygen atoms in total. The summed E-state index contributed by atoms with van der Waals surface area (Å²) in [5.74, 6) is 0. The van der Waals surface area contributed by atoms with E-state index in [4.69, 9.17) is 0 Å². The average Bonchev–Trinajstić information content (AvgIpc) is 2.24. The van der Waals surface area contributed by atoms with Gasteiger partial charge in [-0.2, -0.15) is 0 Å². The number of hydrogen-bond donors (Lipinski definition) is 1. The molecule has 0 fully saturated rings. The van der Waals surface area contributed by atoms with Crippen molar-refractivity contribution in [1.82, 2.24) is 0 Å². The Balaban J connectivity index is 2.71. The Morgan fingerprint density at radius 3 is 2.31 bits per heavy atom. The first kappa shape index (κ1) is 14.0. The van der Waals surface area contributed by atoms with E-state index in [1.165, 1.54) is 31.4 Å². The molecule has 0 atom stereocenters. The smallest absolute Gasteiger partial charge is 0.0498 e. The number of anilines is 1. The molecule has 0 spiro atoms. The highest BCUT2D eigenvalue weighted by molar-refractivity contribution is 9.11. The number of nitrogens with one attached hydrogen (secondary N) is 1. The van der Waals surface area contributed by atoms with Crippen molar-refractivity contribution in [1.29, 1.82) is 0 Å². The first-order valence-corrected chi connectivity index (χ1v) is 7.47. The zero-order valence-electron chi connectivity index (χ0n) is 9.89. The fourth-order valence-corrected chi connectivity index (χ4v) is 2.54. The molecule has 0 bridgehead atoms. The first-order valence-electron chi connectivity index (χ1n) is 5.89. The summed E-state index contributed by atoms with van der Waals surface area (Å²) in [5.41, 5.74) is 1.18. The SMILES string of the molecule is CCCC(CCC)Nc1cc(Br)ccc1Br. The molecule has 0 radical (unpaired) electrons. The van der Waals surface area contributed by atoms with Crippen LogP contribution in [0.25, 0.3) is 0 Å². The molecule has 90 valence electrons. The first-order chi connectivity index (χ1) is 7.67. The molecule has 0 aliphatic rings. The third-order valence-electron chi connectivity index (χ3n) is 2.56. The van der Waals surface area contributed by atoms with Crippen molar-refractivity contribution in [2.75, 3.05) is 5.32 Å². The minimum absolute atomic E-state index is 0.584. The minimum Gasteiger partial charge on any atom is -0.381 e. The van der Waals surface area contributed by atoms with Crippen molar-refractivity contribution >= 4 is 37.5 Å². The quantitative estimate of drug-likeness (QED) is 0.706. The Morgan fingerprint density at radius 2 is 1.75 bits per heavy atom. The van der Waals surface area contributed by atoms with Gasteiger partial charge in [-0.1, -0.05) is 42.6 Å². The van der Waals surface area contributed by atoms with Crippen LogP contribution >= 0.6 is 31.9 Å². The molecule has 0 aliphatic heterocycles. The maximum absolute atomic E-state index is 3.61. The van der Waals surface area contributed by atoms with E-state index in [1.54, 1.807) is 0 Å². The third-order valence-corrected chi connectivity index (χ3v) is 3.75. The van der Waals surface area contributed by atoms with Gasteiger partial charge in [-0.3, -0.25) is 0 Å². The van der Waals surface area contributed by atoms with Crippen molar-refractivity contribution in [3.8, 4) is 0 Å². The van der Waals surface area contributed by atoms with Crippen molar-refractivity contribution in [2.24, 2.45) is 0 Å². The molecule has 0 unspecified atom stereocenters. The number of rotatable bonds is 6. The largest absolute Gasteiger partial charge is 0.381 e. The van der Waals surface area contributed by atoms with E-state index >= 15 is 0 Å². The Hall–Kier alpha value is -0.0200. The van der Waals surface area contributed by atoms with Gasteiger partial charge in [0.15, 0.2) is 0 Å². The highest BCUT2D eigenvalue weighted by Gasteiger charge is 2.08. The zero-order chi connectivity index (χ0) is 12.0. The second-order valence-electron chi connectivity index (χ2n) is 4.04. The zero-order valence-corrected chi connectivity index (χ0v) is 13.1. The predicted molar refractivity (Wildman–Crippen MR) is 79.1 cm³/mol. The van der Waals surface area contributed by atoms with Gasteiger partial charge in [0, 0.05) is 20.7 Å². The molecule has 16 heavy (non-hydrogen) atoms. The highest BCUT2D eigenvalue weighted by atomic mass is 79.9. The molecule has 0 aliphatic carbocycles. The maximum atomic E-state index is 3.61. The van der Waals surface area contributed by atoms with Crippen molar-refractivity contribution in [3.05, 3.63) is 27.1 Å². The van der Waals surface area contributed by atoms with Gasteiger partial charge in [-0.15, -0.1) is 0 Å². The van der Waals surface area contributed by atoms with Crippen molar-refractivity contribution in [2.45, 2.75) is 45.6 Å². The molecule has 1 rings (SSSR count). The van der Waals surface area contributed by atoms with Crippen LogP contribution in [0, 0.1) is 0 Å². The lowest BCUT2D eigenvalue weighted by Gasteiger charge is -2.19. The maximum Gasteiger partial charge on any atom is 0.0498 e. The summed E-state index contributed by atoms with van der Waals surface area (Å²) in [7, 11) is 0. The summed E-state index contributed by atoms with van der Waals surface area (Å²) in [6.45, 7) is 4.47. The molecule has 1 aromatic carbocycles. The molecule has 0 saturated carbocycles. The standard InChI is InChI=1S/C13H19Br2N/c1-3-5-11(6-4-2)16-13-9-10(14)7-8-12(13)15/h7-9,11,16H,3-6H2,1-2H3. The summed E-state index contributed by atoms with van der Waals surface area (Å²) in [5, 5.41) is 3.61. The van der Waals surface area contributed by atoms with E-state index in [9.17, 15) is 0 Å². The fraction of sp³-hybridized carbons (Fsp3) is 0.538. The summed E-state index contributed by atoms with van der Waals surface area (Å²) in [6, 6.07) is 6.83. The highest BCUT2D eigenvalue weighted by Crippen LogP contribution is 2.27. The van der Waals surface area contributed by atoms with Crippen LogP contribution in [-0.2, 0) is 0 Å². The topological polar surface area (TPSA) is 12.0 Å². The second-order valence-corrected chi connectivity index (χ2v) is 5.81. The molecule has 0 amide bonds. The van der Waals surface area contributed by atoms with Crippen LogP contribution in [0.4, 0.5) is 5.69 Å². The van der Waals surface area contributed by atoms with Crippen molar-refractivity contribution < 1.29 is 0 Å². The van der Waals surface area contributed by atoms with E-state index in [1.807, 2.05) is 6.07 Å². The normalized spacial score (nSPS) is 10.8. The number of halogens is 2. The average molecular weight is 349 g/mol. The van der Waals surface area contributed by atoms with Crippen LogP contribution in [0.1, 0.15) is 39.5 Å². The summed E-state index contributed by atoms with van der Waals surface area (Å²) in [6.07, 6.45) is 4.91. The van der Waals surface area contributed by atoms with Crippen LogP contribution in [0.2, 0.25) is 0 Å². The summed E-state index contributed by atoms with van der Waals surface area (Å²) in [4.78, 5) is 0. The molecule has 0 aromatic heterocycles. The molecule has 0 saturated heterocycles. The summed E-state index contributed by atoms with van der Waals surface area (Å²) >= 11 is 7.08. The van der Waals surface area contributed by atoms with Gasteiger partial charge in [0.25, 0.3) is 0 Å². The molecular weight excluding hydrogens is 330 g/mol. The second kappa shape index (κ2) is 7.33. The predicted octanol–water partition coefficient (Wildman–Crippen LogP) is 5.59. The van der Waals surface area contributed by atoms with Gasteiger partial charge < -0.3 is 5.32 Å². The molecule has 0 heterocycles. The van der Waals surface area contributed by atoms with Crippen molar-refractivity contribution in [3.63, 3.8) is 0 Å². The Morgan fingerprint density at radius 1 is 1.12 bits per heavy atom. The lowest BCUT2D eigenvalue weighted by Crippen LogP contribution is -2.19. The van der Waals surface area contributed by atoms with E-state index in [2.05, 4.69) is 63.2 Å². The van der Waals surface area contributed by atoms with Gasteiger partial charge in [0.2, 0.25) is 0 Å². The molecule has 3 heteroatoms. The Labute approximate surface area is 115 Å². The van der Waals surface area contributed by atoms with E-state index < -0.39 is 0 Å². The van der Waals surface area contributed by atoms with Gasteiger partial charge in [-0.25, -0.2) is 0 Å². The summed E-state index contributed by atoms with van der Waals surface area (Å²) < 4.78 is 2.25. The van der Waals surface area contributed by atoms with Crippen LogP contribution in [-0.4, -0.2) is 6.04 Å². The lowest BCUT2D eigenvalue weighted by atomic mass is 10.1. The Bertz CT molecular complexity index is 320. The van der Waals surface area contributed by atoms with Crippen LogP contribution in [0.3, 0.4) is 0 Å². The number of benzene rings is 1. The van der Waals surface area contributed by atoms with Crippen LogP contribution < -0.4 is 5.32 Å². The minimum atomic E-state index is 0.584. The van der Waals surface area contributed by atoms with E-state index in [-0.39, 0.29) is 0 Å². The van der Waals surface area contributed by atoms with Gasteiger partial charge in [0.1, 0.15) is 0 Å². The number of hydrogen-bond acceptors (Lipinski definition) is 1. The molecular formula is C13H19Br2N. The fourth-order valence-electron chi connectivity index (χ4n) is 1.81. The molecule has 1 N–H and O–H groups in total. The monoisotopic (exact) mass is 347 g/mol. The van der Waals surface area contributed by atoms with E-state index in [0.29, 0.717) is 6.04 Å². The van der Waals surface area contributed by atoms with E-state index in [0.717, 1.165) is 8.95 Å². The third kappa shape index (κ3) is 4.46. The van der Waals surface area contributed by atoms with Crippen LogP contribution in [0.5, 0.6) is 0 Å². The van der Waals surface area contributed by atoms with Gasteiger partial charge in [-0.05, 0) is 47.0 Å². The van der Waals surface area contributed by atoms with Crippen LogP contribution in [0.15, 0.2) is 27.1 Å². The van der Waals surface area contributed by atoms with Gasteiger partial charge >= 0.3 is 0 Å². The Kier molecular flexibility index (Phi) is 6.44. The molecule has 1 aromatic rings.